The Morgan fingerprint density at radius 1 is 1.16 bits per heavy atom. The normalized spacial score (nSPS) is 11.1. The lowest BCUT2D eigenvalue weighted by Gasteiger charge is -2.02. The summed E-state index contributed by atoms with van der Waals surface area (Å²) in [4.78, 5) is 4.79. The molecule has 0 unspecified atom stereocenters. The number of rotatable bonds is 2. The maximum atomic E-state index is 4.79. The summed E-state index contributed by atoms with van der Waals surface area (Å²) in [6, 6.07) is 12.6. The summed E-state index contributed by atoms with van der Waals surface area (Å²) in [6.45, 7) is 4.27. The number of aromatic nitrogens is 2. The van der Waals surface area contributed by atoms with Gasteiger partial charge in [0.15, 0.2) is 0 Å². The van der Waals surface area contributed by atoms with Crippen LogP contribution in [-0.2, 0) is 6.42 Å². The molecule has 2 aromatic heterocycles. The summed E-state index contributed by atoms with van der Waals surface area (Å²) in [7, 11) is 0. The summed E-state index contributed by atoms with van der Waals surface area (Å²) < 4.78 is 3.28. The first-order valence-corrected chi connectivity index (χ1v) is 7.22. The summed E-state index contributed by atoms with van der Waals surface area (Å²) in [5, 5.41) is 0. The van der Waals surface area contributed by atoms with Crippen molar-refractivity contribution < 1.29 is 0 Å². The second-order valence-electron chi connectivity index (χ2n) is 4.70. The molecule has 0 aliphatic carbocycles. The SMILES string of the molecule is CCc1c(-c2ccc(Br)cc2)nc2cc(C)ccn12. The molecule has 3 aromatic rings. The summed E-state index contributed by atoms with van der Waals surface area (Å²) >= 11 is 3.47. The molecule has 0 amide bonds. The lowest BCUT2D eigenvalue weighted by atomic mass is 10.1. The second kappa shape index (κ2) is 4.82. The van der Waals surface area contributed by atoms with Gasteiger partial charge in [0.05, 0.1) is 11.4 Å². The Morgan fingerprint density at radius 2 is 1.89 bits per heavy atom. The van der Waals surface area contributed by atoms with Crippen molar-refractivity contribution in [2.24, 2.45) is 0 Å². The van der Waals surface area contributed by atoms with Gasteiger partial charge in [0, 0.05) is 16.2 Å². The molecule has 96 valence electrons. The van der Waals surface area contributed by atoms with E-state index >= 15 is 0 Å². The minimum absolute atomic E-state index is 0.968. The molecule has 0 N–H and O–H groups in total. The highest BCUT2D eigenvalue weighted by atomic mass is 79.9. The van der Waals surface area contributed by atoms with Gasteiger partial charge in [-0.15, -0.1) is 0 Å². The molecule has 1 aromatic carbocycles. The highest BCUT2D eigenvalue weighted by Gasteiger charge is 2.12. The van der Waals surface area contributed by atoms with Gasteiger partial charge in [-0.1, -0.05) is 35.0 Å². The largest absolute Gasteiger partial charge is 0.303 e. The average molecular weight is 315 g/mol. The van der Waals surface area contributed by atoms with Crippen molar-refractivity contribution in [2.75, 3.05) is 0 Å². The minimum Gasteiger partial charge on any atom is -0.303 e. The molecule has 3 heteroatoms. The number of imidazole rings is 1. The molecular formula is C16H15BrN2. The molecule has 0 aliphatic rings. The molecule has 0 saturated heterocycles. The molecule has 3 rings (SSSR count). The smallest absolute Gasteiger partial charge is 0.137 e. The Kier molecular flexibility index (Phi) is 3.15. The van der Waals surface area contributed by atoms with Gasteiger partial charge in [-0.25, -0.2) is 4.98 Å². The van der Waals surface area contributed by atoms with E-state index in [1.165, 1.54) is 16.8 Å². The lowest BCUT2D eigenvalue weighted by Crippen LogP contribution is -1.92. The summed E-state index contributed by atoms with van der Waals surface area (Å²) in [5.74, 6) is 0. The number of halogens is 1. The van der Waals surface area contributed by atoms with Crippen LogP contribution in [0.1, 0.15) is 18.2 Å². The van der Waals surface area contributed by atoms with E-state index in [1.54, 1.807) is 0 Å². The van der Waals surface area contributed by atoms with Crippen molar-refractivity contribution in [3.63, 3.8) is 0 Å². The van der Waals surface area contributed by atoms with Crippen LogP contribution in [0.3, 0.4) is 0 Å². The van der Waals surface area contributed by atoms with Crippen LogP contribution in [0.2, 0.25) is 0 Å². The zero-order chi connectivity index (χ0) is 13.4. The molecule has 0 bridgehead atoms. The lowest BCUT2D eigenvalue weighted by molar-refractivity contribution is 0.995. The van der Waals surface area contributed by atoms with Crippen LogP contribution in [0, 0.1) is 6.92 Å². The van der Waals surface area contributed by atoms with Crippen molar-refractivity contribution in [2.45, 2.75) is 20.3 Å². The topological polar surface area (TPSA) is 17.3 Å². The predicted octanol–water partition coefficient (Wildman–Crippen LogP) is 4.63. The van der Waals surface area contributed by atoms with Crippen molar-refractivity contribution >= 4 is 21.6 Å². The van der Waals surface area contributed by atoms with Gasteiger partial charge in [0.2, 0.25) is 0 Å². The molecule has 0 saturated carbocycles. The number of pyridine rings is 1. The zero-order valence-corrected chi connectivity index (χ0v) is 12.6. The van der Waals surface area contributed by atoms with Crippen LogP contribution in [0.25, 0.3) is 16.9 Å². The van der Waals surface area contributed by atoms with E-state index in [-0.39, 0.29) is 0 Å². The number of hydrogen-bond acceptors (Lipinski definition) is 1. The average Bonchev–Trinajstić information content (AvgIpc) is 2.77. The molecule has 19 heavy (non-hydrogen) atoms. The number of nitrogens with zero attached hydrogens (tertiary/aromatic N) is 2. The molecule has 0 atom stereocenters. The second-order valence-corrected chi connectivity index (χ2v) is 5.62. The summed E-state index contributed by atoms with van der Waals surface area (Å²) in [5.41, 5.74) is 5.77. The van der Waals surface area contributed by atoms with Gasteiger partial charge in [-0.2, -0.15) is 0 Å². The van der Waals surface area contributed by atoms with E-state index in [4.69, 9.17) is 4.98 Å². The molecule has 0 spiro atoms. The van der Waals surface area contributed by atoms with Gasteiger partial charge in [0.25, 0.3) is 0 Å². The van der Waals surface area contributed by atoms with E-state index in [2.05, 4.69) is 76.8 Å². The van der Waals surface area contributed by atoms with Crippen molar-refractivity contribution in [3.05, 3.63) is 58.3 Å². The van der Waals surface area contributed by atoms with E-state index in [9.17, 15) is 0 Å². The highest BCUT2D eigenvalue weighted by Crippen LogP contribution is 2.26. The van der Waals surface area contributed by atoms with E-state index < -0.39 is 0 Å². The molecule has 2 nitrogen and oxygen atoms in total. The van der Waals surface area contributed by atoms with E-state index in [1.807, 2.05) is 0 Å². The standard InChI is InChI=1S/C16H15BrN2/c1-3-14-16(12-4-6-13(17)7-5-12)18-15-10-11(2)8-9-19(14)15/h4-10H,3H2,1-2H3. The third-order valence-electron chi connectivity index (χ3n) is 3.33. The van der Waals surface area contributed by atoms with Crippen LogP contribution < -0.4 is 0 Å². The fourth-order valence-electron chi connectivity index (χ4n) is 2.37. The van der Waals surface area contributed by atoms with Crippen LogP contribution in [-0.4, -0.2) is 9.38 Å². The van der Waals surface area contributed by atoms with Crippen LogP contribution in [0.5, 0.6) is 0 Å². The Bertz CT molecular complexity index is 726. The first-order valence-electron chi connectivity index (χ1n) is 6.42. The van der Waals surface area contributed by atoms with E-state index in [0.29, 0.717) is 0 Å². The van der Waals surface area contributed by atoms with Gasteiger partial charge >= 0.3 is 0 Å². The Balaban J connectivity index is 2.25. The van der Waals surface area contributed by atoms with Gasteiger partial charge in [-0.3, -0.25) is 0 Å². The Labute approximate surface area is 121 Å². The third kappa shape index (κ3) is 2.19. The number of hydrogen-bond donors (Lipinski definition) is 0. The maximum absolute atomic E-state index is 4.79. The Morgan fingerprint density at radius 3 is 2.58 bits per heavy atom. The Hall–Kier alpha value is -1.61. The fraction of sp³-hybridized carbons (Fsp3) is 0.188. The van der Waals surface area contributed by atoms with Gasteiger partial charge in [0.1, 0.15) is 5.65 Å². The molecule has 2 heterocycles. The molecule has 0 radical (unpaired) electrons. The molecule has 0 fully saturated rings. The number of fused-ring (bicyclic) bond motifs is 1. The fourth-order valence-corrected chi connectivity index (χ4v) is 2.64. The van der Waals surface area contributed by atoms with Crippen LogP contribution in [0.15, 0.2) is 47.1 Å². The predicted molar refractivity (Wildman–Crippen MR) is 82.4 cm³/mol. The van der Waals surface area contributed by atoms with Gasteiger partial charge < -0.3 is 4.40 Å². The van der Waals surface area contributed by atoms with Crippen LogP contribution in [0.4, 0.5) is 0 Å². The number of benzene rings is 1. The number of aryl methyl sites for hydroxylation is 2. The first kappa shape index (κ1) is 12.4. The highest BCUT2D eigenvalue weighted by molar-refractivity contribution is 9.10. The van der Waals surface area contributed by atoms with Crippen LogP contribution >= 0.6 is 15.9 Å². The molecule has 0 aliphatic heterocycles. The molecular weight excluding hydrogens is 300 g/mol. The van der Waals surface area contributed by atoms with Crippen molar-refractivity contribution in [3.8, 4) is 11.3 Å². The van der Waals surface area contributed by atoms with E-state index in [0.717, 1.165) is 22.2 Å². The quantitative estimate of drug-likeness (QED) is 0.674. The first-order chi connectivity index (χ1) is 9.19. The zero-order valence-electron chi connectivity index (χ0n) is 11.0. The minimum atomic E-state index is 0.968. The summed E-state index contributed by atoms with van der Waals surface area (Å²) in [6.07, 6.45) is 3.08. The maximum Gasteiger partial charge on any atom is 0.137 e. The van der Waals surface area contributed by atoms with Crippen molar-refractivity contribution in [1.29, 1.82) is 0 Å². The third-order valence-corrected chi connectivity index (χ3v) is 3.86. The monoisotopic (exact) mass is 314 g/mol. The van der Waals surface area contributed by atoms with Gasteiger partial charge in [-0.05, 0) is 43.2 Å². The van der Waals surface area contributed by atoms with Crippen molar-refractivity contribution in [1.82, 2.24) is 9.38 Å².